The highest BCUT2D eigenvalue weighted by Gasteiger charge is 2.35. The van der Waals surface area contributed by atoms with Crippen LogP contribution in [-0.2, 0) is 11.3 Å². The van der Waals surface area contributed by atoms with Gasteiger partial charge < -0.3 is 5.11 Å². The molecule has 0 aromatic carbocycles. The number of hydrogen-bond donors (Lipinski definition) is 2. The van der Waals surface area contributed by atoms with Crippen LogP contribution < -0.4 is 5.32 Å². The summed E-state index contributed by atoms with van der Waals surface area (Å²) in [5.74, 6) is -0.415. The molecule has 2 rings (SSSR count). The van der Waals surface area contributed by atoms with E-state index in [0.29, 0.717) is 12.5 Å². The summed E-state index contributed by atoms with van der Waals surface area (Å²) in [6, 6.07) is 1.62. The zero-order chi connectivity index (χ0) is 11.7. The Labute approximate surface area is 114 Å². The second-order valence-corrected chi connectivity index (χ2v) is 7.18. The number of nitrogens with one attached hydrogen (secondary N) is 1. The molecule has 1 heterocycles. The monoisotopic (exact) mass is 367 g/mol. The van der Waals surface area contributed by atoms with Gasteiger partial charge in [0.1, 0.15) is 6.04 Å². The van der Waals surface area contributed by atoms with Crippen molar-refractivity contribution < 1.29 is 9.90 Å². The van der Waals surface area contributed by atoms with Crippen molar-refractivity contribution in [3.05, 3.63) is 19.2 Å². The van der Waals surface area contributed by atoms with Crippen LogP contribution >= 0.6 is 43.2 Å². The third-order valence-corrected chi connectivity index (χ3v) is 5.81. The second kappa shape index (κ2) is 5.16. The van der Waals surface area contributed by atoms with E-state index in [9.17, 15) is 4.79 Å². The molecule has 1 aliphatic carbocycles. The number of thiophene rings is 1. The normalized spacial score (nSPS) is 17.4. The lowest BCUT2D eigenvalue weighted by atomic mass is 10.2. The molecule has 3 nitrogen and oxygen atoms in total. The fourth-order valence-electron chi connectivity index (χ4n) is 1.57. The molecule has 1 saturated carbocycles. The van der Waals surface area contributed by atoms with E-state index in [-0.39, 0.29) is 6.04 Å². The highest BCUT2D eigenvalue weighted by atomic mass is 79.9. The standard InChI is InChI=1S/C10H11Br2NO2S/c11-7-3-6(16-9(7)12)4-13-8(10(14)15)5-1-2-5/h3,5,8,13H,1-2,4H2,(H,14,15). The number of carbonyl (C=O) groups is 1. The molecule has 1 aromatic heterocycles. The third-order valence-electron chi connectivity index (χ3n) is 2.55. The largest absolute Gasteiger partial charge is 0.480 e. The lowest BCUT2D eigenvalue weighted by Gasteiger charge is -2.12. The molecule has 0 saturated heterocycles. The Morgan fingerprint density at radius 3 is 2.75 bits per heavy atom. The summed E-state index contributed by atoms with van der Waals surface area (Å²) >= 11 is 8.45. The van der Waals surface area contributed by atoms with E-state index in [1.165, 1.54) is 0 Å². The molecule has 1 fully saturated rings. The maximum absolute atomic E-state index is 11.0. The Kier molecular flexibility index (Phi) is 4.05. The molecule has 0 spiro atoms. The van der Waals surface area contributed by atoms with Gasteiger partial charge >= 0.3 is 5.97 Å². The number of halogens is 2. The van der Waals surface area contributed by atoms with Gasteiger partial charge in [-0.25, -0.2) is 0 Å². The van der Waals surface area contributed by atoms with E-state index in [2.05, 4.69) is 37.2 Å². The molecule has 0 bridgehead atoms. The van der Waals surface area contributed by atoms with E-state index >= 15 is 0 Å². The van der Waals surface area contributed by atoms with Gasteiger partial charge in [0.25, 0.3) is 0 Å². The molecule has 1 unspecified atom stereocenters. The van der Waals surface area contributed by atoms with Crippen molar-refractivity contribution >= 4 is 49.2 Å². The average molecular weight is 369 g/mol. The minimum Gasteiger partial charge on any atom is -0.480 e. The summed E-state index contributed by atoms with van der Waals surface area (Å²) in [7, 11) is 0. The Morgan fingerprint density at radius 1 is 1.62 bits per heavy atom. The van der Waals surface area contributed by atoms with Crippen molar-refractivity contribution in [1.82, 2.24) is 5.32 Å². The molecule has 6 heteroatoms. The van der Waals surface area contributed by atoms with Crippen LogP contribution in [0.1, 0.15) is 17.7 Å². The lowest BCUT2D eigenvalue weighted by molar-refractivity contribution is -0.140. The zero-order valence-electron chi connectivity index (χ0n) is 8.37. The molecule has 1 atom stereocenters. The smallest absolute Gasteiger partial charge is 0.320 e. The maximum Gasteiger partial charge on any atom is 0.320 e. The summed E-state index contributed by atoms with van der Waals surface area (Å²) in [6.07, 6.45) is 2.06. The molecule has 1 aliphatic rings. The van der Waals surface area contributed by atoms with Crippen LogP contribution in [0.15, 0.2) is 14.3 Å². The molecule has 0 amide bonds. The summed E-state index contributed by atoms with van der Waals surface area (Å²) in [5.41, 5.74) is 0. The van der Waals surface area contributed by atoms with Crippen LogP contribution in [-0.4, -0.2) is 17.1 Å². The van der Waals surface area contributed by atoms with Crippen molar-refractivity contribution in [2.45, 2.75) is 25.4 Å². The predicted molar refractivity (Wildman–Crippen MR) is 70.7 cm³/mol. The zero-order valence-corrected chi connectivity index (χ0v) is 12.4. The minimum absolute atomic E-state index is 0.323. The first-order chi connectivity index (χ1) is 7.58. The molecule has 0 radical (unpaired) electrons. The Bertz CT molecular complexity index is 384. The first kappa shape index (κ1) is 12.5. The Morgan fingerprint density at radius 2 is 2.31 bits per heavy atom. The van der Waals surface area contributed by atoms with E-state index in [1.54, 1.807) is 11.3 Å². The van der Waals surface area contributed by atoms with Gasteiger partial charge in [-0.1, -0.05) is 0 Å². The number of rotatable bonds is 5. The Balaban J connectivity index is 1.92. The molecular weight excluding hydrogens is 358 g/mol. The van der Waals surface area contributed by atoms with Crippen molar-refractivity contribution in [2.75, 3.05) is 0 Å². The summed E-state index contributed by atoms with van der Waals surface area (Å²) in [6.45, 7) is 0.613. The van der Waals surface area contributed by atoms with Crippen LogP contribution in [0.3, 0.4) is 0 Å². The molecule has 2 N–H and O–H groups in total. The molecular formula is C10H11Br2NO2S. The Hall–Kier alpha value is 0.0900. The number of carboxylic acids is 1. The number of aliphatic carboxylic acids is 1. The molecule has 16 heavy (non-hydrogen) atoms. The molecule has 1 aromatic rings. The highest BCUT2D eigenvalue weighted by Crippen LogP contribution is 2.34. The topological polar surface area (TPSA) is 49.3 Å². The number of carboxylic acid groups (broad SMARTS) is 1. The van der Waals surface area contributed by atoms with Crippen molar-refractivity contribution in [1.29, 1.82) is 0 Å². The van der Waals surface area contributed by atoms with Crippen LogP contribution in [0.25, 0.3) is 0 Å². The van der Waals surface area contributed by atoms with E-state index in [4.69, 9.17) is 5.11 Å². The highest BCUT2D eigenvalue weighted by molar-refractivity contribution is 9.13. The fourth-order valence-corrected chi connectivity index (χ4v) is 3.70. The van der Waals surface area contributed by atoms with E-state index in [1.807, 2.05) is 6.07 Å². The van der Waals surface area contributed by atoms with Gasteiger partial charge in [-0.3, -0.25) is 10.1 Å². The van der Waals surface area contributed by atoms with Crippen LogP contribution in [0.5, 0.6) is 0 Å². The van der Waals surface area contributed by atoms with Crippen LogP contribution in [0, 0.1) is 5.92 Å². The summed E-state index contributed by atoms with van der Waals surface area (Å²) in [4.78, 5) is 12.1. The van der Waals surface area contributed by atoms with Crippen molar-refractivity contribution in [3.63, 3.8) is 0 Å². The van der Waals surface area contributed by atoms with Gasteiger partial charge in [0, 0.05) is 15.9 Å². The number of hydrogen-bond acceptors (Lipinski definition) is 3. The SMILES string of the molecule is O=C(O)C(NCc1cc(Br)c(Br)s1)C1CC1. The molecule has 88 valence electrons. The molecule has 0 aliphatic heterocycles. The van der Waals surface area contributed by atoms with Gasteiger partial charge in [0.2, 0.25) is 0 Å². The van der Waals surface area contributed by atoms with E-state index in [0.717, 1.165) is 26.0 Å². The van der Waals surface area contributed by atoms with E-state index < -0.39 is 5.97 Å². The first-order valence-electron chi connectivity index (χ1n) is 4.98. The summed E-state index contributed by atoms with van der Waals surface area (Å²) in [5, 5.41) is 12.2. The van der Waals surface area contributed by atoms with Crippen LogP contribution in [0.2, 0.25) is 0 Å². The quantitative estimate of drug-likeness (QED) is 0.838. The van der Waals surface area contributed by atoms with Gasteiger partial charge in [-0.2, -0.15) is 0 Å². The average Bonchev–Trinajstić information content (AvgIpc) is 2.96. The predicted octanol–water partition coefficient (Wildman–Crippen LogP) is 3.23. The van der Waals surface area contributed by atoms with Gasteiger partial charge in [0.15, 0.2) is 0 Å². The van der Waals surface area contributed by atoms with Gasteiger partial charge in [0.05, 0.1) is 3.79 Å². The maximum atomic E-state index is 11.0. The third kappa shape index (κ3) is 3.06. The first-order valence-corrected chi connectivity index (χ1v) is 7.38. The van der Waals surface area contributed by atoms with Crippen molar-refractivity contribution in [2.24, 2.45) is 5.92 Å². The lowest BCUT2D eigenvalue weighted by Crippen LogP contribution is -2.37. The van der Waals surface area contributed by atoms with Gasteiger partial charge in [-0.15, -0.1) is 11.3 Å². The second-order valence-electron chi connectivity index (χ2n) is 3.87. The van der Waals surface area contributed by atoms with Gasteiger partial charge in [-0.05, 0) is 56.7 Å². The van der Waals surface area contributed by atoms with Crippen molar-refractivity contribution in [3.8, 4) is 0 Å². The van der Waals surface area contributed by atoms with Crippen LogP contribution in [0.4, 0.5) is 0 Å². The minimum atomic E-state index is -0.739. The fraction of sp³-hybridized carbons (Fsp3) is 0.500. The summed E-state index contributed by atoms with van der Waals surface area (Å²) < 4.78 is 2.06.